The lowest BCUT2D eigenvalue weighted by Gasteiger charge is -2.29. The smallest absolute Gasteiger partial charge is 0.229 e. The van der Waals surface area contributed by atoms with Gasteiger partial charge in [0.15, 0.2) is 11.5 Å². The van der Waals surface area contributed by atoms with Crippen molar-refractivity contribution in [2.75, 3.05) is 23.3 Å². The van der Waals surface area contributed by atoms with Crippen LogP contribution in [0.1, 0.15) is 70.2 Å². The van der Waals surface area contributed by atoms with Crippen molar-refractivity contribution in [1.82, 2.24) is 24.5 Å². The highest BCUT2D eigenvalue weighted by molar-refractivity contribution is 5.87. The molecule has 4 heterocycles. The van der Waals surface area contributed by atoms with E-state index >= 15 is 0 Å². The minimum atomic E-state index is 0.0608. The molecule has 3 aromatic heterocycles. The van der Waals surface area contributed by atoms with Crippen LogP contribution in [0.3, 0.4) is 0 Å². The summed E-state index contributed by atoms with van der Waals surface area (Å²) in [6.45, 7) is 14.9. The van der Waals surface area contributed by atoms with Crippen molar-refractivity contribution >= 4 is 34.7 Å². The Labute approximate surface area is 219 Å². The van der Waals surface area contributed by atoms with Crippen molar-refractivity contribution in [3.63, 3.8) is 0 Å². The number of aromatic nitrogens is 5. The van der Waals surface area contributed by atoms with Gasteiger partial charge >= 0.3 is 0 Å². The number of nitrogens with one attached hydrogen (secondary N) is 1. The van der Waals surface area contributed by atoms with Gasteiger partial charge in [-0.2, -0.15) is 9.97 Å². The van der Waals surface area contributed by atoms with Gasteiger partial charge in [-0.15, -0.1) is 0 Å². The third kappa shape index (κ3) is 5.36. The Morgan fingerprint density at radius 3 is 2.41 bits per heavy atom. The van der Waals surface area contributed by atoms with Crippen LogP contribution in [-0.4, -0.2) is 37.6 Å². The number of aryl methyl sites for hydroxylation is 1. The van der Waals surface area contributed by atoms with E-state index in [9.17, 15) is 0 Å². The lowest BCUT2D eigenvalue weighted by Crippen LogP contribution is -2.32. The first-order valence-electron chi connectivity index (χ1n) is 13.2. The minimum absolute atomic E-state index is 0.0608. The Hall–Kier alpha value is -3.74. The maximum Gasteiger partial charge on any atom is 0.229 e. The number of fused-ring (bicyclic) bond motifs is 1. The van der Waals surface area contributed by atoms with Crippen LogP contribution in [0.5, 0.6) is 0 Å². The zero-order valence-corrected chi connectivity index (χ0v) is 22.8. The van der Waals surface area contributed by atoms with E-state index < -0.39 is 0 Å². The number of hydrogen-bond acceptors (Lipinski definition) is 6. The summed E-state index contributed by atoms with van der Waals surface area (Å²) in [6, 6.07) is 11.0. The summed E-state index contributed by atoms with van der Waals surface area (Å²) in [4.78, 5) is 21.1. The molecule has 0 aliphatic carbocycles. The summed E-state index contributed by atoms with van der Waals surface area (Å²) in [6.07, 6.45) is 9.82. The van der Waals surface area contributed by atoms with Crippen molar-refractivity contribution in [2.24, 2.45) is 0 Å². The molecular weight excluding hydrogens is 458 g/mol. The van der Waals surface area contributed by atoms with E-state index in [2.05, 4.69) is 103 Å². The highest BCUT2D eigenvalue weighted by Crippen LogP contribution is 2.33. The molecule has 0 bridgehead atoms. The van der Waals surface area contributed by atoms with Crippen LogP contribution in [0.2, 0.25) is 0 Å². The van der Waals surface area contributed by atoms with Crippen molar-refractivity contribution in [3.8, 4) is 0 Å². The molecule has 0 atom stereocenters. The number of nitrogens with zero attached hydrogens (tertiary/aromatic N) is 6. The summed E-state index contributed by atoms with van der Waals surface area (Å²) in [5, 5.41) is 3.67. The van der Waals surface area contributed by atoms with Crippen LogP contribution in [0.4, 0.5) is 17.5 Å². The topological polar surface area (TPSA) is 71.8 Å². The molecule has 1 N–H and O–H groups in total. The maximum atomic E-state index is 5.09. The second-order valence-corrected chi connectivity index (χ2v) is 11.3. The van der Waals surface area contributed by atoms with E-state index in [1.807, 2.05) is 18.7 Å². The third-order valence-corrected chi connectivity index (χ3v) is 7.09. The van der Waals surface area contributed by atoms with Crippen LogP contribution in [0.15, 0.2) is 54.6 Å². The number of rotatable bonds is 5. The second kappa shape index (κ2) is 9.96. The largest absolute Gasteiger partial charge is 0.340 e. The molecule has 7 heteroatoms. The molecule has 1 fully saturated rings. The molecule has 37 heavy (non-hydrogen) atoms. The number of pyridine rings is 1. The second-order valence-electron chi connectivity index (χ2n) is 11.3. The summed E-state index contributed by atoms with van der Waals surface area (Å²) in [5.41, 5.74) is 7.91. The number of piperidine rings is 1. The Balaban J connectivity index is 1.48. The highest BCUT2D eigenvalue weighted by Gasteiger charge is 2.22. The zero-order chi connectivity index (χ0) is 26.2. The SMILES string of the molecule is Cc1ccc(C(C)(C)C)cc1Nc1nc(N2CCC(=Cc3ccncc3)CC2)nc2ncn(C(C)C)c12. The molecule has 5 rings (SSSR count). The standard InChI is InChI=1S/C30H37N7/c1-20(2)37-19-32-27-26(37)28(33-25-18-24(30(4,5)6)8-7-21(25)3)35-29(34-27)36-15-11-23(12-16-36)17-22-9-13-31-14-10-22/h7-10,13-14,17-20H,11-12,15-16H2,1-6H3,(H,33,34,35). The van der Waals surface area contributed by atoms with E-state index in [1.54, 1.807) is 0 Å². The van der Waals surface area contributed by atoms with Gasteiger partial charge in [0.2, 0.25) is 5.95 Å². The van der Waals surface area contributed by atoms with Gasteiger partial charge in [0, 0.05) is 37.2 Å². The summed E-state index contributed by atoms with van der Waals surface area (Å²) >= 11 is 0. The molecule has 0 amide bonds. The summed E-state index contributed by atoms with van der Waals surface area (Å²) in [7, 11) is 0. The predicted molar refractivity (Wildman–Crippen MR) is 153 cm³/mol. The molecule has 1 saturated heterocycles. The predicted octanol–water partition coefficient (Wildman–Crippen LogP) is 6.84. The number of imidazole rings is 1. The van der Waals surface area contributed by atoms with Gasteiger partial charge in [-0.25, -0.2) is 4.98 Å². The summed E-state index contributed by atoms with van der Waals surface area (Å²) in [5.74, 6) is 1.54. The number of benzene rings is 1. The van der Waals surface area contributed by atoms with Gasteiger partial charge in [0.05, 0.1) is 6.33 Å². The van der Waals surface area contributed by atoms with Gasteiger partial charge in [-0.1, -0.05) is 44.6 Å². The Bertz CT molecular complexity index is 1420. The van der Waals surface area contributed by atoms with Crippen molar-refractivity contribution in [3.05, 3.63) is 71.3 Å². The molecule has 0 unspecified atom stereocenters. The monoisotopic (exact) mass is 495 g/mol. The fourth-order valence-electron chi connectivity index (χ4n) is 4.74. The Morgan fingerprint density at radius 1 is 1.00 bits per heavy atom. The molecule has 4 aromatic rings. The molecule has 192 valence electrons. The normalized spacial score (nSPS) is 14.5. The lowest BCUT2D eigenvalue weighted by molar-refractivity contribution is 0.590. The molecule has 0 spiro atoms. The average molecular weight is 496 g/mol. The van der Waals surface area contributed by atoms with Crippen LogP contribution in [0, 0.1) is 6.92 Å². The first-order chi connectivity index (χ1) is 17.7. The van der Waals surface area contributed by atoms with E-state index in [1.165, 1.54) is 22.3 Å². The van der Waals surface area contributed by atoms with Crippen LogP contribution >= 0.6 is 0 Å². The van der Waals surface area contributed by atoms with Gasteiger partial charge < -0.3 is 14.8 Å². The van der Waals surface area contributed by atoms with Gasteiger partial charge in [-0.3, -0.25) is 4.98 Å². The quantitative estimate of drug-likeness (QED) is 0.327. The van der Waals surface area contributed by atoms with Crippen molar-refractivity contribution in [1.29, 1.82) is 0 Å². The maximum absolute atomic E-state index is 5.09. The fourth-order valence-corrected chi connectivity index (χ4v) is 4.74. The molecule has 1 aliphatic heterocycles. The molecular formula is C30H37N7. The zero-order valence-electron chi connectivity index (χ0n) is 22.8. The number of anilines is 3. The van der Waals surface area contributed by atoms with Crippen LogP contribution in [0.25, 0.3) is 17.2 Å². The lowest BCUT2D eigenvalue weighted by atomic mass is 9.86. The van der Waals surface area contributed by atoms with Crippen molar-refractivity contribution in [2.45, 2.75) is 65.8 Å². The van der Waals surface area contributed by atoms with E-state index in [4.69, 9.17) is 9.97 Å². The van der Waals surface area contributed by atoms with E-state index in [-0.39, 0.29) is 11.5 Å². The van der Waals surface area contributed by atoms with Crippen LogP contribution in [-0.2, 0) is 5.41 Å². The third-order valence-electron chi connectivity index (χ3n) is 7.09. The van der Waals surface area contributed by atoms with Gasteiger partial charge in [0.25, 0.3) is 0 Å². The number of hydrogen-bond donors (Lipinski definition) is 1. The molecule has 1 aliphatic rings. The average Bonchev–Trinajstić information content (AvgIpc) is 3.31. The first-order valence-corrected chi connectivity index (χ1v) is 13.2. The van der Waals surface area contributed by atoms with E-state index in [0.29, 0.717) is 0 Å². The Morgan fingerprint density at radius 2 is 1.73 bits per heavy atom. The minimum Gasteiger partial charge on any atom is -0.340 e. The highest BCUT2D eigenvalue weighted by atomic mass is 15.3. The van der Waals surface area contributed by atoms with Gasteiger partial charge in [0.1, 0.15) is 5.52 Å². The van der Waals surface area contributed by atoms with Gasteiger partial charge in [-0.05, 0) is 73.9 Å². The summed E-state index contributed by atoms with van der Waals surface area (Å²) < 4.78 is 2.15. The first kappa shape index (κ1) is 24.9. The molecule has 1 aromatic carbocycles. The molecule has 0 saturated carbocycles. The molecule has 7 nitrogen and oxygen atoms in total. The van der Waals surface area contributed by atoms with E-state index in [0.717, 1.165) is 54.5 Å². The van der Waals surface area contributed by atoms with Crippen molar-refractivity contribution < 1.29 is 0 Å². The molecule has 0 radical (unpaired) electrons. The fraction of sp³-hybridized carbons (Fsp3) is 0.400. The van der Waals surface area contributed by atoms with Crippen LogP contribution < -0.4 is 10.2 Å². The Kier molecular flexibility index (Phi) is 6.71.